The van der Waals surface area contributed by atoms with Crippen molar-refractivity contribution in [3.63, 3.8) is 0 Å². The Kier molecular flexibility index (Phi) is 5.07. The van der Waals surface area contributed by atoms with E-state index in [2.05, 4.69) is 0 Å². The van der Waals surface area contributed by atoms with Gasteiger partial charge >= 0.3 is 0 Å². The van der Waals surface area contributed by atoms with Gasteiger partial charge in [-0.1, -0.05) is 0 Å². The van der Waals surface area contributed by atoms with E-state index in [1.807, 2.05) is 0 Å². The van der Waals surface area contributed by atoms with E-state index in [4.69, 9.17) is 10.3 Å². The van der Waals surface area contributed by atoms with Crippen molar-refractivity contribution in [2.24, 2.45) is 5.73 Å². The van der Waals surface area contributed by atoms with E-state index in [1.54, 1.807) is 0 Å². The molecule has 0 aromatic rings. The fourth-order valence-corrected chi connectivity index (χ4v) is 2.06. The van der Waals surface area contributed by atoms with Crippen molar-refractivity contribution in [3.8, 4) is 0 Å². The number of rotatable bonds is 5. The van der Waals surface area contributed by atoms with Gasteiger partial charge in [-0.2, -0.15) is 20.2 Å². The Morgan fingerprint density at radius 3 is 2.55 bits per heavy atom. The third kappa shape index (κ3) is 5.49. The average molecular weight is 199 g/mol. The van der Waals surface area contributed by atoms with Crippen LogP contribution >= 0.6 is 11.8 Å². The first-order chi connectivity index (χ1) is 4.98. The number of thioether (sulfide) groups is 1. The van der Waals surface area contributed by atoms with Crippen LogP contribution in [0.3, 0.4) is 0 Å². The standard InChI is InChI=1S/C5H13NO3S2/c1-5(11(7,8)9)4-10-3-2-6/h5H,2-4,6H2,1H3,(H,7,8,9). The van der Waals surface area contributed by atoms with Crippen LogP contribution in [0.2, 0.25) is 0 Å². The molecule has 0 radical (unpaired) electrons. The van der Waals surface area contributed by atoms with Gasteiger partial charge in [0.15, 0.2) is 0 Å². The van der Waals surface area contributed by atoms with Crippen LogP contribution in [0.5, 0.6) is 0 Å². The fraction of sp³-hybridized carbons (Fsp3) is 1.00. The van der Waals surface area contributed by atoms with Gasteiger partial charge in [-0.15, -0.1) is 0 Å². The van der Waals surface area contributed by atoms with Crippen molar-refractivity contribution in [2.45, 2.75) is 12.2 Å². The fourth-order valence-electron chi connectivity index (χ4n) is 0.419. The van der Waals surface area contributed by atoms with Gasteiger partial charge in [0.2, 0.25) is 0 Å². The van der Waals surface area contributed by atoms with E-state index < -0.39 is 15.4 Å². The predicted octanol–water partition coefficient (Wildman–Crippen LogP) is -0.0454. The minimum absolute atomic E-state index is 0.399. The van der Waals surface area contributed by atoms with Gasteiger partial charge in [0.1, 0.15) is 0 Å². The zero-order chi connectivity index (χ0) is 8.91. The summed E-state index contributed by atoms with van der Waals surface area (Å²) in [4.78, 5) is 0. The molecule has 0 aliphatic carbocycles. The van der Waals surface area contributed by atoms with Gasteiger partial charge in [-0.3, -0.25) is 4.55 Å². The van der Waals surface area contributed by atoms with Crippen LogP contribution in [0.25, 0.3) is 0 Å². The van der Waals surface area contributed by atoms with Gasteiger partial charge in [0.25, 0.3) is 10.1 Å². The second-order valence-corrected chi connectivity index (χ2v) is 5.17. The van der Waals surface area contributed by atoms with Crippen molar-refractivity contribution in [1.82, 2.24) is 0 Å². The molecule has 11 heavy (non-hydrogen) atoms. The van der Waals surface area contributed by atoms with E-state index in [-0.39, 0.29) is 0 Å². The first-order valence-electron chi connectivity index (χ1n) is 3.22. The van der Waals surface area contributed by atoms with Gasteiger partial charge in [0.05, 0.1) is 5.25 Å². The molecule has 0 aromatic heterocycles. The molecule has 1 unspecified atom stereocenters. The normalized spacial score (nSPS) is 14.8. The Bertz CT molecular complexity index is 190. The molecule has 0 spiro atoms. The Morgan fingerprint density at radius 2 is 2.18 bits per heavy atom. The molecule has 0 aliphatic rings. The third-order valence-corrected chi connectivity index (χ3v) is 3.78. The monoisotopic (exact) mass is 199 g/mol. The quantitative estimate of drug-likeness (QED) is 0.479. The summed E-state index contributed by atoms with van der Waals surface area (Å²) < 4.78 is 29.4. The zero-order valence-corrected chi connectivity index (χ0v) is 7.99. The molecule has 68 valence electrons. The van der Waals surface area contributed by atoms with Crippen molar-refractivity contribution in [3.05, 3.63) is 0 Å². The molecule has 0 rings (SSSR count). The molecule has 0 aliphatic heterocycles. The molecule has 0 heterocycles. The molecule has 3 N–H and O–H groups in total. The third-order valence-electron chi connectivity index (χ3n) is 1.12. The maximum absolute atomic E-state index is 10.4. The molecule has 0 fully saturated rings. The molecular formula is C5H13NO3S2. The van der Waals surface area contributed by atoms with E-state index in [1.165, 1.54) is 18.7 Å². The highest BCUT2D eigenvalue weighted by molar-refractivity contribution is 8.00. The second kappa shape index (κ2) is 4.97. The molecule has 1 atom stereocenters. The summed E-state index contributed by atoms with van der Waals surface area (Å²) in [6.07, 6.45) is 0. The maximum Gasteiger partial charge on any atom is 0.268 e. The number of nitrogens with two attached hydrogens (primary N) is 1. The predicted molar refractivity (Wildman–Crippen MR) is 47.4 cm³/mol. The number of hydrogen-bond donors (Lipinski definition) is 2. The molecular weight excluding hydrogens is 186 g/mol. The van der Waals surface area contributed by atoms with Gasteiger partial charge in [-0.25, -0.2) is 0 Å². The van der Waals surface area contributed by atoms with Gasteiger partial charge in [-0.05, 0) is 6.92 Å². The zero-order valence-electron chi connectivity index (χ0n) is 6.36. The molecule has 0 amide bonds. The molecule has 0 aromatic carbocycles. The largest absolute Gasteiger partial charge is 0.330 e. The lowest BCUT2D eigenvalue weighted by molar-refractivity contribution is 0.474. The lowest BCUT2D eigenvalue weighted by Gasteiger charge is -2.05. The summed E-state index contributed by atoms with van der Waals surface area (Å²) in [7, 11) is -3.84. The molecule has 0 bridgehead atoms. The smallest absolute Gasteiger partial charge is 0.268 e. The van der Waals surface area contributed by atoms with Crippen LogP contribution in [0.4, 0.5) is 0 Å². The van der Waals surface area contributed by atoms with Crippen molar-refractivity contribution in [2.75, 3.05) is 18.1 Å². The van der Waals surface area contributed by atoms with Crippen LogP contribution in [0.1, 0.15) is 6.92 Å². The molecule has 6 heteroatoms. The summed E-state index contributed by atoms with van der Waals surface area (Å²) in [5, 5.41) is -0.695. The first kappa shape index (κ1) is 11.2. The summed E-state index contributed by atoms with van der Waals surface area (Å²) in [6, 6.07) is 0. The number of hydrogen-bond acceptors (Lipinski definition) is 4. The van der Waals surface area contributed by atoms with Crippen molar-refractivity contribution in [1.29, 1.82) is 0 Å². The summed E-state index contributed by atoms with van der Waals surface area (Å²) in [5.41, 5.74) is 5.19. The van der Waals surface area contributed by atoms with Crippen LogP contribution in [-0.4, -0.2) is 36.3 Å². The van der Waals surface area contributed by atoms with Gasteiger partial charge in [0, 0.05) is 18.1 Å². The highest BCUT2D eigenvalue weighted by Gasteiger charge is 2.16. The molecule has 0 saturated carbocycles. The van der Waals surface area contributed by atoms with Crippen molar-refractivity contribution < 1.29 is 13.0 Å². The Hall–Kier alpha value is 0.220. The SMILES string of the molecule is CC(CSCCN)S(=O)(=O)O. The van der Waals surface area contributed by atoms with E-state index >= 15 is 0 Å². The van der Waals surface area contributed by atoms with Crippen molar-refractivity contribution >= 4 is 21.9 Å². The van der Waals surface area contributed by atoms with Crippen LogP contribution in [0, 0.1) is 0 Å². The molecule has 4 nitrogen and oxygen atoms in total. The summed E-state index contributed by atoms with van der Waals surface area (Å²) in [5.74, 6) is 1.12. The second-order valence-electron chi connectivity index (χ2n) is 2.19. The minimum atomic E-state index is -3.84. The topological polar surface area (TPSA) is 80.4 Å². The van der Waals surface area contributed by atoms with E-state index in [0.717, 1.165) is 5.75 Å². The van der Waals surface area contributed by atoms with Crippen LogP contribution in [0.15, 0.2) is 0 Å². The minimum Gasteiger partial charge on any atom is -0.330 e. The van der Waals surface area contributed by atoms with Gasteiger partial charge < -0.3 is 5.73 Å². The van der Waals surface area contributed by atoms with Crippen LogP contribution in [-0.2, 0) is 10.1 Å². The lowest BCUT2D eigenvalue weighted by atomic mass is 10.6. The Morgan fingerprint density at radius 1 is 1.64 bits per heavy atom. The summed E-state index contributed by atoms with van der Waals surface area (Å²) in [6.45, 7) is 2.00. The Labute approximate surface area is 71.3 Å². The average Bonchev–Trinajstić information content (AvgIpc) is 1.86. The highest BCUT2D eigenvalue weighted by Crippen LogP contribution is 2.07. The molecule has 0 saturated heterocycles. The van der Waals surface area contributed by atoms with E-state index in [0.29, 0.717) is 12.3 Å². The lowest BCUT2D eigenvalue weighted by Crippen LogP contribution is -2.19. The first-order valence-corrected chi connectivity index (χ1v) is 5.88. The Balaban J connectivity index is 3.62. The summed E-state index contributed by atoms with van der Waals surface area (Å²) >= 11 is 1.42. The van der Waals surface area contributed by atoms with E-state index in [9.17, 15) is 8.42 Å². The van der Waals surface area contributed by atoms with Crippen LogP contribution < -0.4 is 5.73 Å². The maximum atomic E-state index is 10.4. The highest BCUT2D eigenvalue weighted by atomic mass is 32.2.